The van der Waals surface area contributed by atoms with Crippen LogP contribution in [-0.4, -0.2) is 30.4 Å². The number of hydrogen-bond donors (Lipinski definition) is 3. The molecule has 0 aromatic rings. The Balaban J connectivity index is 1.46. The van der Waals surface area contributed by atoms with Crippen LogP contribution >= 0.6 is 0 Å². The van der Waals surface area contributed by atoms with Crippen LogP contribution in [0.4, 0.5) is 0 Å². The smallest absolute Gasteiger partial charge is 0.221 e. The maximum Gasteiger partial charge on any atom is 0.221 e. The van der Waals surface area contributed by atoms with Gasteiger partial charge in [0.25, 0.3) is 0 Å². The minimum absolute atomic E-state index is 0.0111. The van der Waals surface area contributed by atoms with Gasteiger partial charge in [-0.3, -0.25) is 9.59 Å². The van der Waals surface area contributed by atoms with Crippen molar-refractivity contribution in [2.75, 3.05) is 6.54 Å². The molecule has 0 aromatic carbocycles. The van der Waals surface area contributed by atoms with Crippen LogP contribution in [0.5, 0.6) is 0 Å². The maximum absolute atomic E-state index is 11.5. The number of nitrogens with one attached hydrogen (secondary N) is 2. The molecule has 18 heavy (non-hydrogen) atoms. The van der Waals surface area contributed by atoms with Crippen molar-refractivity contribution in [2.45, 2.75) is 57.0 Å². The Bertz CT molecular complexity index is 311. The number of hydrogen-bond acceptors (Lipinski definition) is 3. The molecule has 2 rings (SSSR count). The molecule has 0 bridgehead atoms. The second-order valence-corrected chi connectivity index (χ2v) is 5.50. The molecule has 2 aliphatic rings. The fourth-order valence-electron chi connectivity index (χ4n) is 1.98. The topological polar surface area (TPSA) is 84.2 Å². The molecule has 2 aliphatic carbocycles. The van der Waals surface area contributed by atoms with E-state index in [1.165, 1.54) is 0 Å². The summed E-state index contributed by atoms with van der Waals surface area (Å²) in [6.45, 7) is 0.564. The number of amides is 2. The van der Waals surface area contributed by atoms with Gasteiger partial charge in [0.1, 0.15) is 0 Å². The molecular weight excluding hydrogens is 230 g/mol. The first-order valence-electron chi connectivity index (χ1n) is 6.97. The van der Waals surface area contributed by atoms with E-state index in [2.05, 4.69) is 10.6 Å². The molecule has 1 atom stereocenters. The van der Waals surface area contributed by atoms with Crippen LogP contribution in [0.2, 0.25) is 0 Å². The van der Waals surface area contributed by atoms with Crippen molar-refractivity contribution in [3.63, 3.8) is 0 Å². The van der Waals surface area contributed by atoms with Gasteiger partial charge in [-0.15, -0.1) is 0 Å². The molecule has 102 valence electrons. The van der Waals surface area contributed by atoms with E-state index in [1.54, 1.807) is 0 Å². The summed E-state index contributed by atoms with van der Waals surface area (Å²) in [5, 5.41) is 5.75. The SMILES string of the molecule is NC(CC(=O)NCCCC(=O)NC1CC1)C1CC1. The molecule has 0 heterocycles. The first-order valence-corrected chi connectivity index (χ1v) is 6.97. The third kappa shape index (κ3) is 5.04. The van der Waals surface area contributed by atoms with E-state index in [0.717, 1.165) is 25.7 Å². The summed E-state index contributed by atoms with van der Waals surface area (Å²) in [7, 11) is 0. The number of carbonyl (C=O) groups is 2. The normalized spacial score (nSPS) is 20.3. The largest absolute Gasteiger partial charge is 0.356 e. The van der Waals surface area contributed by atoms with Gasteiger partial charge in [0.2, 0.25) is 11.8 Å². The summed E-state index contributed by atoms with van der Waals surface area (Å²) in [6.07, 6.45) is 6.15. The molecule has 4 N–H and O–H groups in total. The molecule has 2 amide bonds. The molecule has 0 spiro atoms. The lowest BCUT2D eigenvalue weighted by Gasteiger charge is -2.10. The molecule has 5 heteroatoms. The van der Waals surface area contributed by atoms with Gasteiger partial charge in [-0.2, -0.15) is 0 Å². The van der Waals surface area contributed by atoms with Crippen LogP contribution in [0.15, 0.2) is 0 Å². The Morgan fingerprint density at radius 2 is 1.89 bits per heavy atom. The first kappa shape index (κ1) is 13.3. The number of nitrogens with two attached hydrogens (primary N) is 1. The molecule has 1 unspecified atom stereocenters. The highest BCUT2D eigenvalue weighted by Crippen LogP contribution is 2.32. The molecule has 2 saturated carbocycles. The van der Waals surface area contributed by atoms with Gasteiger partial charge in [0, 0.05) is 31.5 Å². The van der Waals surface area contributed by atoms with Crippen molar-refractivity contribution in [3.8, 4) is 0 Å². The van der Waals surface area contributed by atoms with Crippen molar-refractivity contribution in [1.29, 1.82) is 0 Å². The Labute approximate surface area is 108 Å². The second-order valence-electron chi connectivity index (χ2n) is 5.50. The van der Waals surface area contributed by atoms with Crippen molar-refractivity contribution >= 4 is 11.8 Å². The summed E-state index contributed by atoms with van der Waals surface area (Å²) in [6, 6.07) is 0.437. The summed E-state index contributed by atoms with van der Waals surface area (Å²) >= 11 is 0. The van der Waals surface area contributed by atoms with Crippen LogP contribution in [-0.2, 0) is 9.59 Å². The van der Waals surface area contributed by atoms with Crippen molar-refractivity contribution in [2.24, 2.45) is 11.7 Å². The van der Waals surface area contributed by atoms with E-state index < -0.39 is 0 Å². The number of rotatable bonds is 8. The fraction of sp³-hybridized carbons (Fsp3) is 0.846. The lowest BCUT2D eigenvalue weighted by Crippen LogP contribution is -2.34. The minimum atomic E-state index is 0.0111. The Morgan fingerprint density at radius 1 is 1.17 bits per heavy atom. The average Bonchev–Trinajstić information content (AvgIpc) is 3.13. The van der Waals surface area contributed by atoms with E-state index in [0.29, 0.717) is 37.8 Å². The zero-order chi connectivity index (χ0) is 13.0. The van der Waals surface area contributed by atoms with E-state index in [9.17, 15) is 9.59 Å². The van der Waals surface area contributed by atoms with E-state index in [1.807, 2.05) is 0 Å². The fourth-order valence-corrected chi connectivity index (χ4v) is 1.98. The van der Waals surface area contributed by atoms with Crippen LogP contribution in [0.25, 0.3) is 0 Å². The Kier molecular flexibility index (Phi) is 4.58. The van der Waals surface area contributed by atoms with Crippen molar-refractivity contribution in [3.05, 3.63) is 0 Å². The zero-order valence-electron chi connectivity index (χ0n) is 10.8. The zero-order valence-corrected chi connectivity index (χ0v) is 10.8. The summed E-state index contributed by atoms with van der Waals surface area (Å²) in [4.78, 5) is 22.9. The van der Waals surface area contributed by atoms with Gasteiger partial charge >= 0.3 is 0 Å². The monoisotopic (exact) mass is 253 g/mol. The summed E-state index contributed by atoms with van der Waals surface area (Å²) in [5.74, 6) is 0.665. The van der Waals surface area contributed by atoms with Gasteiger partial charge in [0.05, 0.1) is 0 Å². The predicted molar refractivity (Wildman–Crippen MR) is 68.7 cm³/mol. The highest BCUT2D eigenvalue weighted by atomic mass is 16.2. The molecule has 2 fully saturated rings. The van der Waals surface area contributed by atoms with Crippen LogP contribution < -0.4 is 16.4 Å². The lowest BCUT2D eigenvalue weighted by molar-refractivity contribution is -0.123. The molecule has 5 nitrogen and oxygen atoms in total. The Hall–Kier alpha value is -1.10. The maximum atomic E-state index is 11.5. The highest BCUT2D eigenvalue weighted by Gasteiger charge is 2.29. The van der Waals surface area contributed by atoms with Crippen molar-refractivity contribution in [1.82, 2.24) is 10.6 Å². The van der Waals surface area contributed by atoms with Crippen LogP contribution in [0.1, 0.15) is 44.9 Å². The minimum Gasteiger partial charge on any atom is -0.356 e. The summed E-state index contributed by atoms with van der Waals surface area (Å²) < 4.78 is 0. The molecule has 0 radical (unpaired) electrons. The standard InChI is InChI=1S/C13H23N3O2/c14-11(9-3-4-9)8-13(18)15-7-1-2-12(17)16-10-5-6-10/h9-11H,1-8,14H2,(H,15,18)(H,16,17). The van der Waals surface area contributed by atoms with Crippen LogP contribution in [0, 0.1) is 5.92 Å². The first-order chi connectivity index (χ1) is 8.65. The lowest BCUT2D eigenvalue weighted by atomic mass is 10.1. The molecule has 0 aromatic heterocycles. The van der Waals surface area contributed by atoms with Gasteiger partial charge in [-0.05, 0) is 38.0 Å². The second kappa shape index (κ2) is 6.18. The average molecular weight is 253 g/mol. The third-order valence-corrected chi connectivity index (χ3v) is 3.49. The van der Waals surface area contributed by atoms with Gasteiger partial charge in [-0.1, -0.05) is 0 Å². The van der Waals surface area contributed by atoms with Crippen molar-refractivity contribution < 1.29 is 9.59 Å². The van der Waals surface area contributed by atoms with Gasteiger partial charge < -0.3 is 16.4 Å². The highest BCUT2D eigenvalue weighted by molar-refractivity contribution is 5.77. The summed E-state index contributed by atoms with van der Waals surface area (Å²) in [5.41, 5.74) is 5.87. The predicted octanol–water partition coefficient (Wildman–Crippen LogP) is 0.289. The number of carbonyl (C=O) groups excluding carboxylic acids is 2. The van der Waals surface area contributed by atoms with Gasteiger partial charge in [-0.25, -0.2) is 0 Å². The third-order valence-electron chi connectivity index (χ3n) is 3.49. The molecule has 0 saturated heterocycles. The molecule has 0 aliphatic heterocycles. The van der Waals surface area contributed by atoms with Gasteiger partial charge in [0.15, 0.2) is 0 Å². The van der Waals surface area contributed by atoms with E-state index >= 15 is 0 Å². The van der Waals surface area contributed by atoms with E-state index in [-0.39, 0.29) is 17.9 Å². The van der Waals surface area contributed by atoms with E-state index in [4.69, 9.17) is 5.73 Å². The molecular formula is C13H23N3O2. The quantitative estimate of drug-likeness (QED) is 0.544. The van der Waals surface area contributed by atoms with Crippen LogP contribution in [0.3, 0.4) is 0 Å². The Morgan fingerprint density at radius 3 is 2.50 bits per heavy atom.